The van der Waals surface area contributed by atoms with Crippen molar-refractivity contribution in [2.45, 2.75) is 46.3 Å². The maximum atomic E-state index is 12.8. The second-order valence-corrected chi connectivity index (χ2v) is 8.78. The van der Waals surface area contributed by atoms with Crippen LogP contribution in [0.3, 0.4) is 0 Å². The third kappa shape index (κ3) is 5.14. The van der Waals surface area contributed by atoms with Gasteiger partial charge >= 0.3 is 6.09 Å². The highest BCUT2D eigenvalue weighted by Crippen LogP contribution is 2.32. The van der Waals surface area contributed by atoms with Crippen LogP contribution >= 0.6 is 0 Å². The molecule has 2 heterocycles. The Kier molecular flexibility index (Phi) is 6.34. The minimum Gasteiger partial charge on any atom is -0.444 e. The predicted octanol–water partition coefficient (Wildman–Crippen LogP) is 4.38. The van der Waals surface area contributed by atoms with E-state index in [0.717, 1.165) is 27.5 Å². The summed E-state index contributed by atoms with van der Waals surface area (Å²) < 4.78 is 5.34. The number of nitrogen functional groups attached to an aromatic ring is 1. The summed E-state index contributed by atoms with van der Waals surface area (Å²) in [4.78, 5) is 34.8. The first-order valence-corrected chi connectivity index (χ1v) is 10.3. The molecule has 3 N–H and O–H groups in total. The summed E-state index contributed by atoms with van der Waals surface area (Å²) in [5.74, 6) is 0.175. The maximum absolute atomic E-state index is 12.8. The highest BCUT2D eigenvalue weighted by molar-refractivity contribution is 6.00. The van der Waals surface area contributed by atoms with Crippen molar-refractivity contribution >= 4 is 34.4 Å². The highest BCUT2D eigenvalue weighted by Gasteiger charge is 2.27. The van der Waals surface area contributed by atoms with Gasteiger partial charge in [-0.1, -0.05) is 18.2 Å². The van der Waals surface area contributed by atoms with Gasteiger partial charge in [-0.05, 0) is 68.8 Å². The van der Waals surface area contributed by atoms with Crippen molar-refractivity contribution in [3.8, 4) is 11.1 Å². The molecule has 2 amide bonds. The molecule has 1 aromatic carbocycles. The van der Waals surface area contributed by atoms with Gasteiger partial charge in [0.25, 0.3) is 0 Å². The van der Waals surface area contributed by atoms with Crippen molar-refractivity contribution in [3.63, 3.8) is 0 Å². The Morgan fingerprint density at radius 2 is 1.91 bits per heavy atom. The van der Waals surface area contributed by atoms with Gasteiger partial charge in [0.05, 0.1) is 0 Å². The first kappa shape index (κ1) is 23.0. The number of ether oxygens (including phenoxy) is 1. The molecule has 1 atom stereocenters. The molecule has 0 fully saturated rings. The molecule has 168 valence electrons. The Balaban J connectivity index is 1.87. The summed E-state index contributed by atoms with van der Waals surface area (Å²) in [5, 5.41) is 4.83. The van der Waals surface area contributed by atoms with Gasteiger partial charge in [-0.25, -0.2) is 9.78 Å². The quantitative estimate of drug-likeness (QED) is 0.629. The summed E-state index contributed by atoms with van der Waals surface area (Å²) in [5.41, 5.74) is 8.21. The van der Waals surface area contributed by atoms with E-state index >= 15 is 0 Å². The highest BCUT2D eigenvalue weighted by atomic mass is 16.6. The number of aromatic nitrogens is 2. The third-order valence-electron chi connectivity index (χ3n) is 5.02. The topological polar surface area (TPSA) is 110 Å². The van der Waals surface area contributed by atoms with Gasteiger partial charge in [-0.3, -0.25) is 14.7 Å². The van der Waals surface area contributed by atoms with Crippen LogP contribution in [-0.2, 0) is 9.53 Å². The molecule has 1 unspecified atom stereocenters. The van der Waals surface area contributed by atoms with E-state index in [9.17, 15) is 9.59 Å². The number of fused-ring (bicyclic) bond motifs is 1. The van der Waals surface area contributed by atoms with E-state index in [1.54, 1.807) is 39.8 Å². The van der Waals surface area contributed by atoms with E-state index < -0.39 is 23.6 Å². The van der Waals surface area contributed by atoms with Gasteiger partial charge < -0.3 is 15.8 Å². The molecule has 0 radical (unpaired) electrons. The number of nitrogens with two attached hydrogens (primary N) is 1. The lowest BCUT2D eigenvalue weighted by atomic mass is 9.97. The van der Waals surface area contributed by atoms with Crippen LogP contribution in [0.4, 0.5) is 16.4 Å². The van der Waals surface area contributed by atoms with Crippen LogP contribution in [0.15, 0.2) is 42.7 Å². The zero-order valence-corrected chi connectivity index (χ0v) is 19.3. The molecular formula is C24H29N5O3. The summed E-state index contributed by atoms with van der Waals surface area (Å²) in [6, 6.07) is 8.70. The number of carbonyl (C=O) groups excluding carboxylic acids is 2. The number of nitrogens with zero attached hydrogens (tertiary/aromatic N) is 3. The van der Waals surface area contributed by atoms with Crippen LogP contribution in [0.2, 0.25) is 0 Å². The number of pyridine rings is 2. The molecule has 32 heavy (non-hydrogen) atoms. The Labute approximate surface area is 187 Å². The summed E-state index contributed by atoms with van der Waals surface area (Å²) in [6.45, 7) is 8.93. The molecule has 8 nitrogen and oxygen atoms in total. The summed E-state index contributed by atoms with van der Waals surface area (Å²) in [6.07, 6.45) is 3.04. The fourth-order valence-electron chi connectivity index (χ4n) is 3.32. The smallest absolute Gasteiger partial charge is 0.410 e. The normalized spacial score (nSPS) is 12.3. The molecule has 0 aliphatic rings. The van der Waals surface area contributed by atoms with E-state index in [-0.39, 0.29) is 5.82 Å². The first-order valence-electron chi connectivity index (χ1n) is 10.3. The lowest BCUT2D eigenvalue weighted by Gasteiger charge is -2.28. The average molecular weight is 436 g/mol. The van der Waals surface area contributed by atoms with E-state index in [0.29, 0.717) is 5.82 Å². The minimum absolute atomic E-state index is 0.273. The van der Waals surface area contributed by atoms with Crippen LogP contribution in [-0.4, -0.2) is 45.6 Å². The lowest BCUT2D eigenvalue weighted by Crippen LogP contribution is -2.45. The summed E-state index contributed by atoms with van der Waals surface area (Å²) in [7, 11) is 1.52. The van der Waals surface area contributed by atoms with Gasteiger partial charge in [0, 0.05) is 24.8 Å². The molecule has 0 aliphatic heterocycles. The van der Waals surface area contributed by atoms with E-state index in [1.165, 1.54) is 11.9 Å². The van der Waals surface area contributed by atoms with Gasteiger partial charge in [-0.15, -0.1) is 0 Å². The third-order valence-corrected chi connectivity index (χ3v) is 5.02. The van der Waals surface area contributed by atoms with E-state index in [1.807, 2.05) is 37.5 Å². The molecule has 3 rings (SSSR count). The van der Waals surface area contributed by atoms with Crippen LogP contribution in [0.5, 0.6) is 0 Å². The number of anilines is 2. The second kappa shape index (κ2) is 8.82. The molecule has 8 heteroatoms. The van der Waals surface area contributed by atoms with Crippen molar-refractivity contribution in [2.75, 3.05) is 18.1 Å². The standard InChI is InChI=1S/C24H29N5O3/c1-14-12-26-13-16-8-7-9-18(21(14)16)17-10-19(25)27-20(11-17)28-22(30)15(2)29(6)23(31)32-24(3,4)5/h7-13,15H,1-6H3,(H3,25,27,28,30). The second-order valence-electron chi connectivity index (χ2n) is 8.78. The zero-order valence-electron chi connectivity index (χ0n) is 19.3. The van der Waals surface area contributed by atoms with Crippen LogP contribution < -0.4 is 11.1 Å². The number of nitrogens with one attached hydrogen (secondary N) is 1. The van der Waals surface area contributed by atoms with Gasteiger partial charge in [0.1, 0.15) is 23.3 Å². The molecule has 0 bridgehead atoms. The van der Waals surface area contributed by atoms with Gasteiger partial charge in [0.2, 0.25) is 5.91 Å². The predicted molar refractivity (Wildman–Crippen MR) is 126 cm³/mol. The molecular weight excluding hydrogens is 406 g/mol. The largest absolute Gasteiger partial charge is 0.444 e. The molecule has 0 saturated carbocycles. The summed E-state index contributed by atoms with van der Waals surface area (Å²) >= 11 is 0. The van der Waals surface area contributed by atoms with Crippen molar-refractivity contribution in [1.82, 2.24) is 14.9 Å². The number of hydrogen-bond acceptors (Lipinski definition) is 6. The van der Waals surface area contributed by atoms with Crippen LogP contribution in [0.25, 0.3) is 21.9 Å². The fourth-order valence-corrected chi connectivity index (χ4v) is 3.32. The average Bonchev–Trinajstić information content (AvgIpc) is 2.70. The van der Waals surface area contributed by atoms with Gasteiger partial charge in [-0.2, -0.15) is 0 Å². The van der Waals surface area contributed by atoms with Crippen molar-refractivity contribution in [1.29, 1.82) is 0 Å². The Morgan fingerprint density at radius 3 is 2.59 bits per heavy atom. The molecule has 0 spiro atoms. The zero-order chi connectivity index (χ0) is 23.6. The van der Waals surface area contributed by atoms with Gasteiger partial charge in [0.15, 0.2) is 0 Å². The van der Waals surface area contributed by atoms with Crippen molar-refractivity contribution in [3.05, 3.63) is 48.3 Å². The van der Waals surface area contributed by atoms with Crippen molar-refractivity contribution in [2.24, 2.45) is 0 Å². The fraction of sp³-hybridized carbons (Fsp3) is 0.333. The van der Waals surface area contributed by atoms with Crippen LogP contribution in [0, 0.1) is 6.92 Å². The number of aryl methyl sites for hydroxylation is 1. The molecule has 3 aromatic rings. The number of benzene rings is 1. The van der Waals surface area contributed by atoms with E-state index in [4.69, 9.17) is 10.5 Å². The number of hydrogen-bond donors (Lipinski definition) is 2. The first-order chi connectivity index (χ1) is 15.0. The molecule has 0 saturated heterocycles. The van der Waals surface area contributed by atoms with Crippen molar-refractivity contribution < 1.29 is 14.3 Å². The number of likely N-dealkylation sites (N-methyl/N-ethyl adjacent to an activating group) is 1. The monoisotopic (exact) mass is 435 g/mol. The SMILES string of the molecule is Cc1cncc2cccc(-c3cc(N)nc(NC(=O)C(C)N(C)C(=O)OC(C)(C)C)c3)c12. The Hall–Kier alpha value is -3.68. The Morgan fingerprint density at radius 1 is 1.19 bits per heavy atom. The number of amides is 2. The maximum Gasteiger partial charge on any atom is 0.410 e. The lowest BCUT2D eigenvalue weighted by molar-refractivity contribution is -0.120. The molecule has 0 aliphatic carbocycles. The number of carbonyl (C=O) groups is 2. The van der Waals surface area contributed by atoms with E-state index in [2.05, 4.69) is 15.3 Å². The minimum atomic E-state index is -0.776. The number of rotatable bonds is 4. The van der Waals surface area contributed by atoms with Crippen LogP contribution in [0.1, 0.15) is 33.3 Å². The molecule has 2 aromatic heterocycles. The Bertz CT molecular complexity index is 1160.